The van der Waals surface area contributed by atoms with E-state index < -0.39 is 0 Å². The molecule has 0 aromatic heterocycles. The first-order valence-corrected chi connectivity index (χ1v) is 4.89. The second-order valence-electron chi connectivity index (χ2n) is 2.01. The second kappa shape index (κ2) is 18.8. The van der Waals surface area contributed by atoms with E-state index in [1.54, 1.807) is 20.0 Å². The first kappa shape index (κ1) is 19.7. The standard InChI is InChI=1S/2C5H5.CH2.2ClH.Ti/c2*1-2-4-5-3-1;;;;/h2*1-3H,4H2;1H2;2*1H;/q2*-1;;;;+2. The van der Waals surface area contributed by atoms with E-state index in [2.05, 4.69) is 29.1 Å². The van der Waals surface area contributed by atoms with Gasteiger partial charge in [0.1, 0.15) is 0 Å². The molecule has 14 heavy (non-hydrogen) atoms. The predicted molar refractivity (Wildman–Crippen MR) is 64.8 cm³/mol. The molecule has 0 heterocycles. The molecule has 0 saturated heterocycles. The van der Waals surface area contributed by atoms with Gasteiger partial charge in [-0.1, -0.05) is 0 Å². The molecule has 0 amide bonds. The number of rotatable bonds is 0. The Bertz CT molecular complexity index is 163. The van der Waals surface area contributed by atoms with Gasteiger partial charge in [0.05, 0.1) is 0 Å². The number of halogens is 2. The quantitative estimate of drug-likeness (QED) is 0.465. The molecule has 0 N–H and O–H groups in total. The monoisotopic (exact) mass is 264 g/mol. The zero-order chi connectivity index (χ0) is 9.07. The average Bonchev–Trinajstić information content (AvgIpc) is 2.87. The van der Waals surface area contributed by atoms with Crippen LogP contribution in [0.15, 0.2) is 36.5 Å². The van der Waals surface area contributed by atoms with Crippen LogP contribution in [0.3, 0.4) is 0 Å². The molecule has 0 radical (unpaired) electrons. The first-order valence-electron chi connectivity index (χ1n) is 3.79. The summed E-state index contributed by atoms with van der Waals surface area (Å²) in [5, 5.41) is 0. The van der Waals surface area contributed by atoms with Crippen LogP contribution >= 0.6 is 24.8 Å². The van der Waals surface area contributed by atoms with Crippen LogP contribution in [0.5, 0.6) is 0 Å². The summed E-state index contributed by atoms with van der Waals surface area (Å²) in [6.07, 6.45) is 20.0. The molecule has 0 nitrogen and oxygen atoms in total. The Morgan fingerprint density at radius 3 is 1.29 bits per heavy atom. The van der Waals surface area contributed by atoms with E-state index in [9.17, 15) is 0 Å². The van der Waals surface area contributed by atoms with Gasteiger partial charge < -0.3 is 0 Å². The molecule has 0 aromatic carbocycles. The van der Waals surface area contributed by atoms with E-state index >= 15 is 0 Å². The van der Waals surface area contributed by atoms with Crippen LogP contribution in [0.1, 0.15) is 12.8 Å². The molecule has 0 bridgehead atoms. The van der Waals surface area contributed by atoms with Crippen LogP contribution in [-0.2, 0) is 20.0 Å². The van der Waals surface area contributed by atoms with Gasteiger partial charge >= 0.3 is 24.8 Å². The van der Waals surface area contributed by atoms with Crippen molar-refractivity contribution >= 4 is 29.6 Å². The SMILES string of the molecule is Cl.Cl.[C-]1=CC=CC1.[C-]1=CC=CC1.[CH2]=[Ti+2]. The number of allylic oxidation sites excluding steroid dienone is 8. The maximum absolute atomic E-state index is 3.25. The van der Waals surface area contributed by atoms with Crippen molar-refractivity contribution in [2.45, 2.75) is 12.8 Å². The van der Waals surface area contributed by atoms with Crippen molar-refractivity contribution < 1.29 is 20.0 Å². The molecule has 0 atom stereocenters. The molecular weight excluding hydrogens is 251 g/mol. The summed E-state index contributed by atoms with van der Waals surface area (Å²) in [6.45, 7) is 0. The van der Waals surface area contributed by atoms with Crippen LogP contribution in [0.25, 0.3) is 0 Å². The second-order valence-corrected chi connectivity index (χ2v) is 2.01. The molecule has 0 aliphatic heterocycles. The summed E-state index contributed by atoms with van der Waals surface area (Å²) >= 11 is 1.75. The van der Waals surface area contributed by atoms with Crippen molar-refractivity contribution in [3.05, 3.63) is 48.6 Å². The third-order valence-electron chi connectivity index (χ3n) is 1.17. The van der Waals surface area contributed by atoms with Crippen LogP contribution in [0.2, 0.25) is 0 Å². The normalized spacial score (nSPS) is 13.0. The fourth-order valence-electron chi connectivity index (χ4n) is 0.680. The van der Waals surface area contributed by atoms with E-state index in [-0.39, 0.29) is 24.8 Å². The van der Waals surface area contributed by atoms with Crippen LogP contribution in [0.4, 0.5) is 0 Å². The molecule has 76 valence electrons. The molecule has 3 heteroatoms. The van der Waals surface area contributed by atoms with E-state index in [1.807, 2.05) is 24.3 Å². The predicted octanol–water partition coefficient (Wildman–Crippen LogP) is 3.42. The molecule has 0 unspecified atom stereocenters. The van der Waals surface area contributed by atoms with Gasteiger partial charge in [-0.3, -0.25) is 12.2 Å². The summed E-state index contributed by atoms with van der Waals surface area (Å²) in [5.41, 5.74) is 0. The van der Waals surface area contributed by atoms with Crippen molar-refractivity contribution in [1.82, 2.24) is 0 Å². The average molecular weight is 265 g/mol. The van der Waals surface area contributed by atoms with Crippen LogP contribution in [-0.4, -0.2) is 4.82 Å². The van der Waals surface area contributed by atoms with Gasteiger partial charge in [-0.25, -0.2) is 24.3 Å². The molecule has 0 saturated carbocycles. The summed E-state index contributed by atoms with van der Waals surface area (Å²) in [4.78, 5) is 3.25. The summed E-state index contributed by atoms with van der Waals surface area (Å²) < 4.78 is 0. The molecule has 2 rings (SSSR count). The van der Waals surface area contributed by atoms with Crippen molar-refractivity contribution in [3.63, 3.8) is 0 Å². The van der Waals surface area contributed by atoms with Crippen molar-refractivity contribution in [1.29, 1.82) is 0 Å². The van der Waals surface area contributed by atoms with Gasteiger partial charge in [0.15, 0.2) is 0 Å². The van der Waals surface area contributed by atoms with E-state index in [0.717, 1.165) is 12.8 Å². The fraction of sp³-hybridized carbons (Fsp3) is 0.182. The minimum absolute atomic E-state index is 0. The van der Waals surface area contributed by atoms with E-state index in [1.165, 1.54) is 0 Å². The van der Waals surface area contributed by atoms with Crippen molar-refractivity contribution in [2.24, 2.45) is 0 Å². The molecule has 2 aliphatic rings. The van der Waals surface area contributed by atoms with Crippen molar-refractivity contribution in [3.8, 4) is 0 Å². The summed E-state index contributed by atoms with van der Waals surface area (Å²) in [6, 6.07) is 0. The van der Waals surface area contributed by atoms with E-state index in [0.29, 0.717) is 0 Å². The number of hydrogen-bond acceptors (Lipinski definition) is 0. The Kier molecular flexibility index (Phi) is 26.4. The molecule has 0 fully saturated rings. The zero-order valence-corrected chi connectivity index (χ0v) is 11.1. The van der Waals surface area contributed by atoms with Crippen molar-refractivity contribution in [2.75, 3.05) is 0 Å². The third kappa shape index (κ3) is 14.6. The minimum atomic E-state index is 0. The Morgan fingerprint density at radius 2 is 1.21 bits per heavy atom. The Hall–Kier alpha value is 0.124. The topological polar surface area (TPSA) is 0 Å². The maximum atomic E-state index is 3.25. The van der Waals surface area contributed by atoms with Gasteiger partial charge in [0.2, 0.25) is 0 Å². The molecule has 0 spiro atoms. The fourth-order valence-corrected chi connectivity index (χ4v) is 0.680. The van der Waals surface area contributed by atoms with E-state index in [4.69, 9.17) is 0 Å². The van der Waals surface area contributed by atoms with Crippen LogP contribution < -0.4 is 0 Å². The molecular formula is C11H14Cl2Ti. The number of hydrogen-bond donors (Lipinski definition) is 0. The molecule has 2 aliphatic carbocycles. The third-order valence-corrected chi connectivity index (χ3v) is 1.17. The summed E-state index contributed by atoms with van der Waals surface area (Å²) in [5.74, 6) is 0. The van der Waals surface area contributed by atoms with Gasteiger partial charge in [-0.2, -0.15) is 12.2 Å². The summed E-state index contributed by atoms with van der Waals surface area (Å²) in [7, 11) is 0. The van der Waals surface area contributed by atoms with Gasteiger partial charge in [0.25, 0.3) is 0 Å². The Labute approximate surface area is 111 Å². The Morgan fingerprint density at radius 1 is 0.857 bits per heavy atom. The zero-order valence-electron chi connectivity index (χ0n) is 7.90. The van der Waals surface area contributed by atoms with Gasteiger partial charge in [-0.05, 0) is 0 Å². The molecule has 0 aromatic rings. The first-order chi connectivity index (χ1) is 6.00. The Balaban J connectivity index is -0.000000131. The van der Waals surface area contributed by atoms with Crippen LogP contribution in [0, 0.1) is 12.2 Å². The van der Waals surface area contributed by atoms with Gasteiger partial charge in [-0.15, -0.1) is 37.7 Å². The van der Waals surface area contributed by atoms with Gasteiger partial charge in [0, 0.05) is 0 Å².